The van der Waals surface area contributed by atoms with E-state index in [0.29, 0.717) is 6.42 Å². The molecular weight excluding hydrogens is 212 g/mol. The van der Waals surface area contributed by atoms with Crippen LogP contribution in [0.25, 0.3) is 5.69 Å². The second-order valence-electron chi connectivity index (χ2n) is 3.64. The summed E-state index contributed by atoms with van der Waals surface area (Å²) in [5.41, 5.74) is 1.80. The maximum atomic E-state index is 5.32. The fraction of sp³-hybridized carbons (Fsp3) is 0.231. The van der Waals surface area contributed by atoms with Crippen molar-refractivity contribution < 1.29 is 0 Å². The predicted molar refractivity (Wildman–Crippen MR) is 66.6 cm³/mol. The van der Waals surface area contributed by atoms with Crippen LogP contribution in [-0.4, -0.2) is 22.0 Å². The Bertz CT molecular complexity index is 510. The highest BCUT2D eigenvalue weighted by molar-refractivity contribution is 5.28. The number of hydrogen-bond acceptors (Lipinski definition) is 3. The monoisotopic (exact) mass is 226 g/mol. The second kappa shape index (κ2) is 5.28. The molecule has 1 N–H and O–H groups in total. The van der Waals surface area contributed by atoms with Crippen LogP contribution in [0.4, 0.5) is 0 Å². The van der Waals surface area contributed by atoms with Gasteiger partial charge in [-0.1, -0.05) is 18.2 Å². The van der Waals surface area contributed by atoms with Gasteiger partial charge in [0.25, 0.3) is 0 Å². The van der Waals surface area contributed by atoms with Crippen molar-refractivity contribution in [3.8, 4) is 18.0 Å². The minimum Gasteiger partial charge on any atom is -0.311 e. The smallest absolute Gasteiger partial charge is 0.101 e. The Morgan fingerprint density at radius 2 is 2.18 bits per heavy atom. The molecule has 0 saturated heterocycles. The lowest BCUT2D eigenvalue weighted by atomic mass is 10.1. The Hall–Kier alpha value is -2.12. The first-order valence-electron chi connectivity index (χ1n) is 5.43. The first-order valence-corrected chi connectivity index (χ1v) is 5.43. The maximum Gasteiger partial charge on any atom is 0.101 e. The molecule has 1 atom stereocenters. The van der Waals surface area contributed by atoms with Crippen LogP contribution in [0, 0.1) is 12.3 Å². The van der Waals surface area contributed by atoms with Crippen LogP contribution >= 0.6 is 0 Å². The largest absolute Gasteiger partial charge is 0.311 e. The first kappa shape index (κ1) is 11.4. The fourth-order valence-corrected chi connectivity index (χ4v) is 1.59. The SMILES string of the molecule is C#CCC(NC)c1cnn(-c2ccccc2)n1. The van der Waals surface area contributed by atoms with E-state index in [2.05, 4.69) is 21.4 Å². The molecule has 0 radical (unpaired) electrons. The summed E-state index contributed by atoms with van der Waals surface area (Å²) < 4.78 is 0. The zero-order valence-electron chi connectivity index (χ0n) is 9.67. The summed E-state index contributed by atoms with van der Waals surface area (Å²) in [6.45, 7) is 0. The Labute approximate surface area is 101 Å². The van der Waals surface area contributed by atoms with Crippen LogP contribution in [0.1, 0.15) is 18.2 Å². The van der Waals surface area contributed by atoms with Crippen LogP contribution < -0.4 is 5.32 Å². The van der Waals surface area contributed by atoms with E-state index in [9.17, 15) is 0 Å². The van der Waals surface area contributed by atoms with E-state index >= 15 is 0 Å². The zero-order chi connectivity index (χ0) is 12.1. The number of rotatable bonds is 4. The molecule has 0 aliphatic carbocycles. The quantitative estimate of drug-likeness (QED) is 0.804. The minimum absolute atomic E-state index is 0.0532. The average molecular weight is 226 g/mol. The molecule has 4 heteroatoms. The van der Waals surface area contributed by atoms with Crippen LogP contribution in [0.5, 0.6) is 0 Å². The second-order valence-corrected chi connectivity index (χ2v) is 3.64. The van der Waals surface area contributed by atoms with Gasteiger partial charge in [-0.3, -0.25) is 0 Å². The summed E-state index contributed by atoms with van der Waals surface area (Å²) in [5, 5.41) is 11.8. The molecule has 4 nitrogen and oxygen atoms in total. The van der Waals surface area contributed by atoms with E-state index in [0.717, 1.165) is 11.4 Å². The fourth-order valence-electron chi connectivity index (χ4n) is 1.59. The molecule has 86 valence electrons. The van der Waals surface area contributed by atoms with Gasteiger partial charge in [-0.05, 0) is 19.2 Å². The van der Waals surface area contributed by atoms with Crippen molar-refractivity contribution in [1.29, 1.82) is 0 Å². The van der Waals surface area contributed by atoms with Gasteiger partial charge < -0.3 is 5.32 Å². The summed E-state index contributed by atoms with van der Waals surface area (Å²) in [7, 11) is 1.86. The van der Waals surface area contributed by atoms with Gasteiger partial charge >= 0.3 is 0 Å². The highest BCUT2D eigenvalue weighted by Gasteiger charge is 2.12. The van der Waals surface area contributed by atoms with Crippen molar-refractivity contribution in [2.45, 2.75) is 12.5 Å². The van der Waals surface area contributed by atoms with Crippen molar-refractivity contribution in [2.75, 3.05) is 7.05 Å². The Morgan fingerprint density at radius 3 is 2.82 bits per heavy atom. The molecule has 0 fully saturated rings. The molecule has 17 heavy (non-hydrogen) atoms. The number of para-hydroxylation sites is 1. The summed E-state index contributed by atoms with van der Waals surface area (Å²) in [5.74, 6) is 2.63. The van der Waals surface area contributed by atoms with Gasteiger partial charge in [0.05, 0.1) is 17.9 Å². The molecule has 1 unspecified atom stereocenters. The van der Waals surface area contributed by atoms with Crippen molar-refractivity contribution in [2.24, 2.45) is 0 Å². The summed E-state index contributed by atoms with van der Waals surface area (Å²) in [4.78, 5) is 1.61. The van der Waals surface area contributed by atoms with Gasteiger partial charge in [0.15, 0.2) is 0 Å². The molecule has 0 saturated carbocycles. The molecule has 0 aliphatic heterocycles. The average Bonchev–Trinajstić information content (AvgIpc) is 2.86. The van der Waals surface area contributed by atoms with Gasteiger partial charge in [0.2, 0.25) is 0 Å². The lowest BCUT2D eigenvalue weighted by molar-refractivity contribution is 0.584. The van der Waals surface area contributed by atoms with Crippen molar-refractivity contribution >= 4 is 0 Å². The zero-order valence-corrected chi connectivity index (χ0v) is 9.67. The third-order valence-corrected chi connectivity index (χ3v) is 2.52. The number of terminal acetylenes is 1. The topological polar surface area (TPSA) is 42.7 Å². The molecule has 2 rings (SSSR count). The van der Waals surface area contributed by atoms with E-state index in [1.807, 2.05) is 37.4 Å². The number of aromatic nitrogens is 3. The van der Waals surface area contributed by atoms with Gasteiger partial charge in [-0.15, -0.1) is 12.3 Å². The van der Waals surface area contributed by atoms with Crippen LogP contribution in [-0.2, 0) is 0 Å². The molecule has 0 amide bonds. The van der Waals surface area contributed by atoms with Gasteiger partial charge in [0.1, 0.15) is 5.69 Å². The molecule has 1 aromatic heterocycles. The summed E-state index contributed by atoms with van der Waals surface area (Å²) in [6, 6.07) is 9.84. The summed E-state index contributed by atoms with van der Waals surface area (Å²) >= 11 is 0. The molecule has 0 bridgehead atoms. The minimum atomic E-state index is 0.0532. The van der Waals surface area contributed by atoms with Gasteiger partial charge in [-0.2, -0.15) is 15.0 Å². The van der Waals surface area contributed by atoms with E-state index in [1.165, 1.54) is 0 Å². The first-order chi connectivity index (χ1) is 8.35. The van der Waals surface area contributed by atoms with Crippen molar-refractivity contribution in [3.05, 3.63) is 42.2 Å². The van der Waals surface area contributed by atoms with E-state index < -0.39 is 0 Å². The summed E-state index contributed by atoms with van der Waals surface area (Å²) in [6.07, 6.45) is 7.66. The molecule has 2 aromatic rings. The molecule has 1 aromatic carbocycles. The van der Waals surface area contributed by atoms with Gasteiger partial charge in [0, 0.05) is 6.42 Å². The van der Waals surface area contributed by atoms with Crippen LogP contribution in [0.3, 0.4) is 0 Å². The van der Waals surface area contributed by atoms with Gasteiger partial charge in [-0.25, -0.2) is 0 Å². The van der Waals surface area contributed by atoms with E-state index in [1.54, 1.807) is 11.0 Å². The molecule has 0 spiro atoms. The van der Waals surface area contributed by atoms with E-state index in [4.69, 9.17) is 6.42 Å². The lowest BCUT2D eigenvalue weighted by Crippen LogP contribution is -2.16. The number of hydrogen-bond donors (Lipinski definition) is 1. The lowest BCUT2D eigenvalue weighted by Gasteiger charge is -2.08. The van der Waals surface area contributed by atoms with Crippen LogP contribution in [0.15, 0.2) is 36.5 Å². The standard InChI is InChI=1S/C13H14N4/c1-3-7-12(14-2)13-10-15-17(16-13)11-8-5-4-6-9-11/h1,4-6,8-10,12,14H,7H2,2H3. The third-order valence-electron chi connectivity index (χ3n) is 2.52. The normalized spacial score (nSPS) is 12.0. The van der Waals surface area contributed by atoms with Crippen LogP contribution in [0.2, 0.25) is 0 Å². The van der Waals surface area contributed by atoms with Crippen molar-refractivity contribution in [1.82, 2.24) is 20.3 Å². The Morgan fingerprint density at radius 1 is 1.41 bits per heavy atom. The molecule has 0 aliphatic rings. The highest BCUT2D eigenvalue weighted by atomic mass is 15.5. The highest BCUT2D eigenvalue weighted by Crippen LogP contribution is 2.13. The van der Waals surface area contributed by atoms with Crippen molar-refractivity contribution in [3.63, 3.8) is 0 Å². The third kappa shape index (κ3) is 2.52. The Balaban J connectivity index is 2.24. The number of nitrogens with zero attached hydrogens (tertiary/aromatic N) is 3. The maximum absolute atomic E-state index is 5.32. The predicted octanol–water partition coefficient (Wildman–Crippen LogP) is 1.55. The number of benzene rings is 1. The van der Waals surface area contributed by atoms with E-state index in [-0.39, 0.29) is 6.04 Å². The number of nitrogens with one attached hydrogen (secondary N) is 1. The molecular formula is C13H14N4. The Kier molecular flexibility index (Phi) is 3.53. The molecule has 1 heterocycles.